The molecule has 12 heteroatoms. The van der Waals surface area contributed by atoms with Crippen LogP contribution in [0.1, 0.15) is 43.2 Å². The molecular weight excluding hydrogens is 613 g/mol. The molecule has 228 valence electrons. The third kappa shape index (κ3) is 7.28. The zero-order valence-electron chi connectivity index (χ0n) is 23.8. The molecular formula is C31H34Cl3N5O4. The third-order valence-electron chi connectivity index (χ3n) is 8.26. The number of nitrogens with zero attached hydrogens (tertiary/aromatic N) is 2. The average Bonchev–Trinajstić information content (AvgIpc) is 3.40. The second kappa shape index (κ2) is 13.6. The lowest BCUT2D eigenvalue weighted by molar-refractivity contribution is -0.148. The molecule has 1 saturated carbocycles. The van der Waals surface area contributed by atoms with Crippen molar-refractivity contribution in [2.24, 2.45) is 5.92 Å². The molecule has 5 rings (SSSR count). The van der Waals surface area contributed by atoms with Gasteiger partial charge in [0.25, 0.3) is 0 Å². The molecule has 3 aromatic rings. The molecule has 0 spiro atoms. The Bertz CT molecular complexity index is 1510. The van der Waals surface area contributed by atoms with Gasteiger partial charge in [-0.2, -0.15) is 0 Å². The summed E-state index contributed by atoms with van der Waals surface area (Å²) in [7, 11) is 1.63. The van der Waals surface area contributed by atoms with Crippen LogP contribution in [0, 0.1) is 5.92 Å². The summed E-state index contributed by atoms with van der Waals surface area (Å²) in [5.41, 5.74) is 2.43. The van der Waals surface area contributed by atoms with Crippen LogP contribution in [0.2, 0.25) is 15.1 Å². The van der Waals surface area contributed by atoms with E-state index < -0.39 is 18.0 Å². The molecule has 0 bridgehead atoms. The number of amides is 4. The molecule has 0 radical (unpaired) electrons. The van der Waals surface area contributed by atoms with Crippen molar-refractivity contribution < 1.29 is 19.2 Å². The van der Waals surface area contributed by atoms with Crippen LogP contribution in [0.5, 0.6) is 0 Å². The van der Waals surface area contributed by atoms with Gasteiger partial charge < -0.3 is 25.4 Å². The van der Waals surface area contributed by atoms with Gasteiger partial charge in [0.05, 0.1) is 15.1 Å². The Hall–Kier alpha value is -3.27. The summed E-state index contributed by atoms with van der Waals surface area (Å²) in [4.78, 5) is 59.1. The number of benzene rings is 2. The van der Waals surface area contributed by atoms with Crippen molar-refractivity contribution in [1.29, 1.82) is 0 Å². The minimum atomic E-state index is -0.946. The maximum Gasteiger partial charge on any atom is 0.246 e. The summed E-state index contributed by atoms with van der Waals surface area (Å²) in [5, 5.41) is 7.41. The van der Waals surface area contributed by atoms with Crippen LogP contribution < -0.4 is 10.6 Å². The number of para-hydroxylation sites is 1. The first-order valence-corrected chi connectivity index (χ1v) is 15.5. The second-order valence-electron chi connectivity index (χ2n) is 11.4. The minimum Gasteiger partial charge on any atom is -0.361 e. The van der Waals surface area contributed by atoms with Crippen LogP contribution in [-0.4, -0.2) is 70.6 Å². The predicted molar refractivity (Wildman–Crippen MR) is 167 cm³/mol. The van der Waals surface area contributed by atoms with Crippen LogP contribution in [0.3, 0.4) is 0 Å². The highest BCUT2D eigenvalue weighted by Gasteiger charge is 2.39. The molecule has 3 N–H and O–H groups in total. The first kappa shape index (κ1) is 31.2. The summed E-state index contributed by atoms with van der Waals surface area (Å²) in [6.45, 7) is -0.350. The SMILES string of the molecule is CN(Cc1cc(Cl)c(Cl)c(Cl)c1)C(=O)C(Cc1c[nH]c2ccccc12)NC(=O)CN1CC(=O)NC(C2CCCCC2)C1=O. The Kier molecular flexibility index (Phi) is 9.84. The van der Waals surface area contributed by atoms with Gasteiger partial charge in [-0.25, -0.2) is 0 Å². The van der Waals surface area contributed by atoms with E-state index in [1.165, 1.54) is 9.80 Å². The van der Waals surface area contributed by atoms with E-state index in [1.54, 1.807) is 19.2 Å². The highest BCUT2D eigenvalue weighted by atomic mass is 35.5. The van der Waals surface area contributed by atoms with Gasteiger partial charge in [-0.15, -0.1) is 0 Å². The van der Waals surface area contributed by atoms with Gasteiger partial charge in [-0.05, 0) is 48.1 Å². The lowest BCUT2D eigenvalue weighted by Gasteiger charge is -2.37. The molecule has 1 saturated heterocycles. The number of fused-ring (bicyclic) bond motifs is 1. The standard InChI is InChI=1S/C31H34Cl3N5O4/c1-38(15-18-11-22(32)28(34)23(33)12-18)30(42)25(13-20-14-35-24-10-6-5-9-21(20)24)36-26(40)16-39-17-27(41)37-29(31(39)43)19-7-3-2-4-8-19/h5-6,9-12,14,19,25,29,35H,2-4,7-8,13,15-17H2,1H3,(H,36,40)(H,37,41). The zero-order valence-corrected chi connectivity index (χ0v) is 26.1. The lowest BCUT2D eigenvalue weighted by Crippen LogP contribution is -2.62. The van der Waals surface area contributed by atoms with E-state index in [-0.39, 0.29) is 64.8 Å². The van der Waals surface area contributed by atoms with E-state index in [4.69, 9.17) is 34.8 Å². The molecule has 4 amide bonds. The van der Waals surface area contributed by atoms with Crippen molar-refractivity contribution in [2.45, 2.75) is 57.2 Å². The fourth-order valence-corrected chi connectivity index (χ4v) is 6.74. The molecule has 2 atom stereocenters. The summed E-state index contributed by atoms with van der Waals surface area (Å²) in [6, 6.07) is 9.41. The van der Waals surface area contributed by atoms with E-state index in [0.29, 0.717) is 5.56 Å². The van der Waals surface area contributed by atoms with Gasteiger partial charge in [0, 0.05) is 37.1 Å². The number of rotatable bonds is 9. The van der Waals surface area contributed by atoms with E-state index in [9.17, 15) is 19.2 Å². The van der Waals surface area contributed by atoms with Crippen LogP contribution >= 0.6 is 34.8 Å². The van der Waals surface area contributed by atoms with E-state index in [0.717, 1.165) is 48.6 Å². The number of aromatic nitrogens is 1. The van der Waals surface area contributed by atoms with Gasteiger partial charge in [0.15, 0.2) is 0 Å². The maximum absolute atomic E-state index is 13.8. The highest BCUT2D eigenvalue weighted by Crippen LogP contribution is 2.32. The topological polar surface area (TPSA) is 115 Å². The molecule has 1 aliphatic carbocycles. The number of H-pyrrole nitrogens is 1. The zero-order chi connectivity index (χ0) is 30.7. The predicted octanol–water partition coefficient (Wildman–Crippen LogP) is 4.72. The van der Waals surface area contributed by atoms with Crippen LogP contribution in [-0.2, 0) is 32.1 Å². The normalized spacial score (nSPS) is 18.4. The molecule has 2 unspecified atom stereocenters. The number of likely N-dealkylation sites (N-methyl/N-ethyl adjacent to an activating group) is 1. The van der Waals surface area contributed by atoms with Gasteiger partial charge in [0.2, 0.25) is 23.6 Å². The Morgan fingerprint density at radius 1 is 1.07 bits per heavy atom. The Morgan fingerprint density at radius 2 is 1.77 bits per heavy atom. The highest BCUT2D eigenvalue weighted by molar-refractivity contribution is 6.48. The second-order valence-corrected chi connectivity index (χ2v) is 12.6. The van der Waals surface area contributed by atoms with Gasteiger partial charge in [0.1, 0.15) is 25.2 Å². The molecule has 2 fully saturated rings. The fraction of sp³-hybridized carbons (Fsp3) is 0.419. The van der Waals surface area contributed by atoms with Crippen molar-refractivity contribution in [3.8, 4) is 0 Å². The largest absolute Gasteiger partial charge is 0.361 e. The number of hydrogen-bond donors (Lipinski definition) is 3. The first-order chi connectivity index (χ1) is 20.6. The lowest BCUT2D eigenvalue weighted by atomic mass is 9.82. The van der Waals surface area contributed by atoms with Gasteiger partial charge in [-0.3, -0.25) is 19.2 Å². The fourth-order valence-electron chi connectivity index (χ4n) is 6.10. The number of aromatic amines is 1. The average molecular weight is 647 g/mol. The van der Waals surface area contributed by atoms with E-state index >= 15 is 0 Å². The van der Waals surface area contributed by atoms with Crippen molar-refractivity contribution in [1.82, 2.24) is 25.4 Å². The van der Waals surface area contributed by atoms with Gasteiger partial charge in [-0.1, -0.05) is 72.3 Å². The van der Waals surface area contributed by atoms with E-state index in [2.05, 4.69) is 15.6 Å². The summed E-state index contributed by atoms with van der Waals surface area (Å²) in [6.07, 6.45) is 6.93. The van der Waals surface area contributed by atoms with Crippen LogP contribution in [0.15, 0.2) is 42.6 Å². The third-order valence-corrected chi connectivity index (χ3v) is 9.45. The van der Waals surface area contributed by atoms with Crippen molar-refractivity contribution in [2.75, 3.05) is 20.1 Å². The van der Waals surface area contributed by atoms with Gasteiger partial charge >= 0.3 is 0 Å². The summed E-state index contributed by atoms with van der Waals surface area (Å²) in [5.74, 6) is -1.33. The molecule has 1 aromatic heterocycles. The summed E-state index contributed by atoms with van der Waals surface area (Å²) < 4.78 is 0. The molecule has 9 nitrogen and oxygen atoms in total. The number of hydrogen-bond acceptors (Lipinski definition) is 4. The Balaban J connectivity index is 1.33. The molecule has 2 heterocycles. The summed E-state index contributed by atoms with van der Waals surface area (Å²) >= 11 is 18.5. The Morgan fingerprint density at radius 3 is 2.49 bits per heavy atom. The van der Waals surface area contributed by atoms with Crippen LogP contribution in [0.25, 0.3) is 10.9 Å². The quantitative estimate of drug-likeness (QED) is 0.292. The number of carbonyl (C=O) groups is 4. The van der Waals surface area contributed by atoms with Crippen LogP contribution in [0.4, 0.5) is 0 Å². The monoisotopic (exact) mass is 645 g/mol. The Labute approximate surface area is 265 Å². The van der Waals surface area contributed by atoms with E-state index in [1.807, 2.05) is 30.5 Å². The number of piperazine rings is 1. The molecule has 1 aliphatic heterocycles. The molecule has 2 aliphatic rings. The smallest absolute Gasteiger partial charge is 0.246 e. The maximum atomic E-state index is 13.8. The van der Waals surface area contributed by atoms with Crippen molar-refractivity contribution in [3.05, 3.63) is 68.8 Å². The molecule has 2 aromatic carbocycles. The first-order valence-electron chi connectivity index (χ1n) is 14.4. The number of carbonyl (C=O) groups excluding carboxylic acids is 4. The number of nitrogens with one attached hydrogen (secondary N) is 3. The number of halogens is 3. The van der Waals surface area contributed by atoms with Crippen molar-refractivity contribution in [3.63, 3.8) is 0 Å². The van der Waals surface area contributed by atoms with Crippen molar-refractivity contribution >= 4 is 69.3 Å². The minimum absolute atomic E-state index is 0.0655. The molecule has 43 heavy (non-hydrogen) atoms.